The molecule has 2 rings (SSSR count). The van der Waals surface area contributed by atoms with Crippen molar-refractivity contribution in [1.82, 2.24) is 15.3 Å². The maximum absolute atomic E-state index is 5.75. The molecule has 0 aromatic carbocycles. The molecule has 0 unspecified atom stereocenters. The number of hydrogen-bond donors (Lipinski definition) is 3. The summed E-state index contributed by atoms with van der Waals surface area (Å²) in [6, 6.07) is 2.53. The molecule has 1 saturated heterocycles. The monoisotopic (exact) mass is 263 g/mol. The Morgan fingerprint density at radius 1 is 1.37 bits per heavy atom. The molecule has 0 spiro atoms. The molecule has 19 heavy (non-hydrogen) atoms. The van der Waals surface area contributed by atoms with E-state index < -0.39 is 0 Å². The fourth-order valence-electron chi connectivity index (χ4n) is 2.37. The normalized spacial score (nSPS) is 20.3. The van der Waals surface area contributed by atoms with Crippen LogP contribution in [0.1, 0.15) is 51.1 Å². The fourth-order valence-corrected chi connectivity index (χ4v) is 2.37. The third kappa shape index (κ3) is 4.35. The van der Waals surface area contributed by atoms with Crippen molar-refractivity contribution < 1.29 is 0 Å². The molecule has 1 aromatic rings. The molecule has 0 saturated carbocycles. The van der Waals surface area contributed by atoms with Crippen molar-refractivity contribution in [3.05, 3.63) is 11.8 Å². The highest BCUT2D eigenvalue weighted by molar-refractivity contribution is 5.41. The summed E-state index contributed by atoms with van der Waals surface area (Å²) in [5.74, 6) is 1.55. The minimum atomic E-state index is 0.350. The number of hydrogen-bond acceptors (Lipinski definition) is 5. The Morgan fingerprint density at radius 2 is 2.21 bits per heavy atom. The quantitative estimate of drug-likeness (QED) is 0.776. The van der Waals surface area contributed by atoms with E-state index in [1.54, 1.807) is 0 Å². The van der Waals surface area contributed by atoms with Gasteiger partial charge in [0, 0.05) is 18.7 Å². The van der Waals surface area contributed by atoms with Gasteiger partial charge in [-0.15, -0.1) is 0 Å². The summed E-state index contributed by atoms with van der Waals surface area (Å²) < 4.78 is 0. The van der Waals surface area contributed by atoms with Gasteiger partial charge in [-0.1, -0.05) is 26.7 Å². The number of aromatic nitrogens is 2. The molecule has 2 heterocycles. The lowest BCUT2D eigenvalue weighted by Gasteiger charge is -2.17. The van der Waals surface area contributed by atoms with Crippen LogP contribution in [-0.2, 0) is 0 Å². The van der Waals surface area contributed by atoms with Crippen molar-refractivity contribution in [3.63, 3.8) is 0 Å². The zero-order valence-corrected chi connectivity index (χ0v) is 11.9. The largest absolute Gasteiger partial charge is 0.368 e. The second kappa shape index (κ2) is 6.70. The number of nitrogens with zero attached hydrogens (tertiary/aromatic N) is 2. The van der Waals surface area contributed by atoms with Crippen molar-refractivity contribution >= 4 is 11.8 Å². The highest BCUT2D eigenvalue weighted by atomic mass is 15.1. The van der Waals surface area contributed by atoms with Crippen LogP contribution in [0.3, 0.4) is 0 Å². The number of anilines is 2. The molecule has 1 aromatic heterocycles. The lowest BCUT2D eigenvalue weighted by atomic mass is 10.1. The van der Waals surface area contributed by atoms with Gasteiger partial charge in [-0.05, 0) is 25.3 Å². The standard InChI is InChI=1S/C14H25N5/c1-10(2)12-8-13(19-14(15)18-12)17-9-11-6-4-3-5-7-16-11/h8,10-11,16H,3-7,9H2,1-2H3,(H3,15,17,18,19)/t11-/m1/s1. The second-order valence-corrected chi connectivity index (χ2v) is 5.57. The summed E-state index contributed by atoms with van der Waals surface area (Å²) in [6.07, 6.45) is 5.16. The topological polar surface area (TPSA) is 75.9 Å². The average molecular weight is 263 g/mol. The van der Waals surface area contributed by atoms with Crippen molar-refractivity contribution in [1.29, 1.82) is 0 Å². The highest BCUT2D eigenvalue weighted by Crippen LogP contribution is 2.17. The van der Waals surface area contributed by atoms with E-state index in [9.17, 15) is 0 Å². The molecule has 1 fully saturated rings. The minimum Gasteiger partial charge on any atom is -0.368 e. The van der Waals surface area contributed by atoms with E-state index in [-0.39, 0.29) is 0 Å². The maximum Gasteiger partial charge on any atom is 0.222 e. The lowest BCUT2D eigenvalue weighted by Crippen LogP contribution is -2.34. The third-order valence-electron chi connectivity index (χ3n) is 3.55. The molecule has 1 aliphatic heterocycles. The Kier molecular flexibility index (Phi) is 4.96. The molecule has 0 radical (unpaired) electrons. The molecular weight excluding hydrogens is 238 g/mol. The van der Waals surface area contributed by atoms with Gasteiger partial charge in [0.1, 0.15) is 5.82 Å². The summed E-state index contributed by atoms with van der Waals surface area (Å²) in [7, 11) is 0. The first-order chi connectivity index (χ1) is 9.15. The molecule has 106 valence electrons. The smallest absolute Gasteiger partial charge is 0.222 e. The van der Waals surface area contributed by atoms with Gasteiger partial charge in [0.2, 0.25) is 5.95 Å². The van der Waals surface area contributed by atoms with Crippen LogP contribution in [0.2, 0.25) is 0 Å². The Bertz CT molecular complexity index is 397. The van der Waals surface area contributed by atoms with Crippen molar-refractivity contribution in [2.24, 2.45) is 0 Å². The van der Waals surface area contributed by atoms with Crippen LogP contribution in [0.25, 0.3) is 0 Å². The maximum atomic E-state index is 5.75. The molecule has 0 aliphatic carbocycles. The van der Waals surface area contributed by atoms with E-state index in [0.29, 0.717) is 17.9 Å². The fraction of sp³-hybridized carbons (Fsp3) is 0.714. The van der Waals surface area contributed by atoms with E-state index in [1.165, 1.54) is 25.7 Å². The Labute approximate surface area is 115 Å². The summed E-state index contributed by atoms with van der Waals surface area (Å²) in [5.41, 5.74) is 6.74. The van der Waals surface area contributed by atoms with Crippen molar-refractivity contribution in [2.45, 2.75) is 51.5 Å². The first-order valence-corrected chi connectivity index (χ1v) is 7.27. The van der Waals surface area contributed by atoms with E-state index in [1.807, 2.05) is 6.07 Å². The third-order valence-corrected chi connectivity index (χ3v) is 3.55. The molecule has 0 amide bonds. The van der Waals surface area contributed by atoms with Crippen LogP contribution in [0.4, 0.5) is 11.8 Å². The summed E-state index contributed by atoms with van der Waals surface area (Å²) in [4.78, 5) is 8.51. The Hall–Kier alpha value is -1.36. The number of nitrogen functional groups attached to an aromatic ring is 1. The highest BCUT2D eigenvalue weighted by Gasteiger charge is 2.12. The number of nitrogens with one attached hydrogen (secondary N) is 2. The molecule has 1 atom stereocenters. The van der Waals surface area contributed by atoms with Crippen molar-refractivity contribution in [2.75, 3.05) is 24.1 Å². The predicted octanol–water partition coefficient (Wildman–Crippen LogP) is 2.13. The van der Waals surface area contributed by atoms with Gasteiger partial charge in [-0.25, -0.2) is 4.98 Å². The van der Waals surface area contributed by atoms with Gasteiger partial charge >= 0.3 is 0 Å². The van der Waals surface area contributed by atoms with Gasteiger partial charge in [0.15, 0.2) is 0 Å². The van der Waals surface area contributed by atoms with Gasteiger partial charge in [0.05, 0.1) is 5.69 Å². The first-order valence-electron chi connectivity index (χ1n) is 7.27. The average Bonchev–Trinajstić information content (AvgIpc) is 2.64. The number of rotatable bonds is 4. The minimum absolute atomic E-state index is 0.350. The van der Waals surface area contributed by atoms with Crippen LogP contribution < -0.4 is 16.4 Å². The van der Waals surface area contributed by atoms with Crippen LogP contribution in [-0.4, -0.2) is 29.1 Å². The summed E-state index contributed by atoms with van der Waals surface area (Å²) >= 11 is 0. The van der Waals surface area contributed by atoms with Crippen LogP contribution in [0, 0.1) is 0 Å². The van der Waals surface area contributed by atoms with E-state index >= 15 is 0 Å². The number of nitrogens with two attached hydrogens (primary N) is 1. The van der Waals surface area contributed by atoms with E-state index in [0.717, 1.165) is 24.6 Å². The SMILES string of the molecule is CC(C)c1cc(NC[C@H]2CCCCCN2)nc(N)n1. The lowest BCUT2D eigenvalue weighted by molar-refractivity contribution is 0.530. The van der Waals surface area contributed by atoms with Crippen LogP contribution in [0.5, 0.6) is 0 Å². The van der Waals surface area contributed by atoms with Gasteiger partial charge < -0.3 is 16.4 Å². The summed E-state index contributed by atoms with van der Waals surface area (Å²) in [5, 5.41) is 6.95. The Morgan fingerprint density at radius 3 is 3.00 bits per heavy atom. The second-order valence-electron chi connectivity index (χ2n) is 5.57. The molecule has 5 nitrogen and oxygen atoms in total. The van der Waals surface area contributed by atoms with Gasteiger partial charge in [-0.2, -0.15) is 4.98 Å². The molecule has 0 bridgehead atoms. The van der Waals surface area contributed by atoms with Crippen LogP contribution >= 0.6 is 0 Å². The molecular formula is C14H25N5. The van der Waals surface area contributed by atoms with E-state index in [4.69, 9.17) is 5.73 Å². The van der Waals surface area contributed by atoms with E-state index in [2.05, 4.69) is 34.4 Å². The van der Waals surface area contributed by atoms with Crippen LogP contribution in [0.15, 0.2) is 6.07 Å². The van der Waals surface area contributed by atoms with Crippen molar-refractivity contribution in [3.8, 4) is 0 Å². The summed E-state index contributed by atoms with van der Waals surface area (Å²) in [6.45, 7) is 6.24. The Balaban J connectivity index is 1.94. The van der Waals surface area contributed by atoms with Gasteiger partial charge in [-0.3, -0.25) is 0 Å². The molecule has 5 heteroatoms. The first kappa shape index (κ1) is 14.1. The molecule has 4 N–H and O–H groups in total. The predicted molar refractivity (Wildman–Crippen MR) is 79.3 cm³/mol. The zero-order chi connectivity index (χ0) is 13.7. The van der Waals surface area contributed by atoms with Gasteiger partial charge in [0.25, 0.3) is 0 Å². The zero-order valence-electron chi connectivity index (χ0n) is 11.9. The molecule has 1 aliphatic rings.